The summed E-state index contributed by atoms with van der Waals surface area (Å²) < 4.78 is 16.2. The molecule has 1 aliphatic rings. The fourth-order valence-electron chi connectivity index (χ4n) is 5.29. The van der Waals surface area contributed by atoms with Crippen molar-refractivity contribution in [2.24, 2.45) is 0 Å². The molecule has 0 radical (unpaired) electrons. The van der Waals surface area contributed by atoms with Crippen LogP contribution in [0.3, 0.4) is 0 Å². The molecule has 0 saturated carbocycles. The van der Waals surface area contributed by atoms with Crippen LogP contribution in [-0.2, 0) is 14.3 Å². The monoisotopic (exact) mass is 476 g/mol. The predicted molar refractivity (Wildman–Crippen MR) is 128 cm³/mol. The zero-order valence-electron chi connectivity index (χ0n) is 18.5. The van der Waals surface area contributed by atoms with Crippen molar-refractivity contribution >= 4 is 32.4 Å². The Bertz CT molecular complexity index is 910. The number of esters is 1. The molecule has 3 nitrogen and oxygen atoms in total. The van der Waals surface area contributed by atoms with Crippen LogP contribution in [0.15, 0.2) is 91.0 Å². The Hall–Kier alpha value is -2.37. The van der Waals surface area contributed by atoms with Crippen LogP contribution in [0, 0.1) is 0 Å². The number of rotatable bonds is 6. The van der Waals surface area contributed by atoms with Gasteiger partial charge in [-0.1, -0.05) is 0 Å². The summed E-state index contributed by atoms with van der Waals surface area (Å²) in [6, 6.07) is 32.6. The predicted octanol–water partition coefficient (Wildman–Crippen LogP) is 3.66. The summed E-state index contributed by atoms with van der Waals surface area (Å²) in [7, 11) is 0. The molecule has 0 N–H and O–H groups in total. The summed E-state index contributed by atoms with van der Waals surface area (Å²) in [5, 5.41) is 0. The van der Waals surface area contributed by atoms with Gasteiger partial charge in [0.1, 0.15) is 0 Å². The average Bonchev–Trinajstić information content (AvgIpc) is 3.12. The molecule has 160 valence electrons. The number of hydrogen-bond acceptors (Lipinski definition) is 3. The Morgan fingerprint density at radius 3 is 1.71 bits per heavy atom. The Kier molecular flexibility index (Phi) is 6.35. The normalized spacial score (nSPS) is 23.5. The van der Waals surface area contributed by atoms with Gasteiger partial charge in [0.05, 0.1) is 0 Å². The molecule has 0 amide bonds. The van der Waals surface area contributed by atoms with Crippen molar-refractivity contribution < 1.29 is 14.3 Å². The van der Waals surface area contributed by atoms with Crippen molar-refractivity contribution in [2.75, 3.05) is 6.61 Å². The Balaban J connectivity index is 1.96. The molecule has 1 saturated heterocycles. The van der Waals surface area contributed by atoms with Crippen molar-refractivity contribution in [1.82, 2.24) is 0 Å². The second kappa shape index (κ2) is 9.01. The number of carbonyl (C=O) groups excluding carboxylic acids is 1. The molecule has 3 aromatic rings. The molecule has 0 spiro atoms. The summed E-state index contributed by atoms with van der Waals surface area (Å²) in [6.07, 6.45) is 0.598. The summed E-state index contributed by atoms with van der Waals surface area (Å²) in [4.78, 5) is 12.9. The van der Waals surface area contributed by atoms with Crippen molar-refractivity contribution in [1.29, 1.82) is 0 Å². The minimum absolute atomic E-state index is 0.0602. The maximum absolute atomic E-state index is 12.9. The number of ether oxygens (including phenoxy) is 2. The van der Waals surface area contributed by atoms with E-state index in [1.54, 1.807) is 0 Å². The third-order valence-electron chi connectivity index (χ3n) is 6.57. The zero-order valence-corrected chi connectivity index (χ0v) is 20.6. The van der Waals surface area contributed by atoms with E-state index in [9.17, 15) is 4.79 Å². The van der Waals surface area contributed by atoms with Crippen LogP contribution in [0.4, 0.5) is 0 Å². The quantitative estimate of drug-likeness (QED) is 0.404. The van der Waals surface area contributed by atoms with Gasteiger partial charge in [-0.25, -0.2) is 0 Å². The Morgan fingerprint density at radius 1 is 0.903 bits per heavy atom. The van der Waals surface area contributed by atoms with Crippen LogP contribution >= 0.6 is 0 Å². The summed E-state index contributed by atoms with van der Waals surface area (Å²) >= 11 is -3.27. The van der Waals surface area contributed by atoms with Crippen LogP contribution in [0.25, 0.3) is 0 Å². The standard InChI is InChI=1S/C27H30GeO3/c1-4-30-26(29)27(3)20-25(21(2)31-27)28(22-14-8-5-9-15-22,23-16-10-6-11-17-23)24-18-12-7-13-19-24/h5-19,21,25H,4,20H2,1-3H3/t21-,25+,27+/m1/s1. The number of carbonyl (C=O) groups is 1. The summed E-state index contributed by atoms with van der Waals surface area (Å²) in [6.45, 7) is 6.23. The van der Waals surface area contributed by atoms with Crippen molar-refractivity contribution in [2.45, 2.75) is 43.6 Å². The molecule has 4 rings (SSSR count). The van der Waals surface area contributed by atoms with E-state index in [1.807, 2.05) is 13.8 Å². The molecule has 1 heterocycles. The molecule has 1 aliphatic heterocycles. The topological polar surface area (TPSA) is 35.5 Å². The molecule has 0 aliphatic carbocycles. The fraction of sp³-hybridized carbons (Fsp3) is 0.296. The van der Waals surface area contributed by atoms with Gasteiger partial charge < -0.3 is 0 Å². The van der Waals surface area contributed by atoms with Gasteiger partial charge in [-0.3, -0.25) is 0 Å². The number of benzene rings is 3. The van der Waals surface area contributed by atoms with Gasteiger partial charge in [-0.05, 0) is 0 Å². The van der Waals surface area contributed by atoms with E-state index in [0.717, 1.165) is 0 Å². The van der Waals surface area contributed by atoms with Crippen molar-refractivity contribution in [3.63, 3.8) is 0 Å². The van der Waals surface area contributed by atoms with Gasteiger partial charge in [0.15, 0.2) is 0 Å². The van der Waals surface area contributed by atoms with Gasteiger partial charge in [-0.2, -0.15) is 0 Å². The molecule has 3 atom stereocenters. The minimum atomic E-state index is -3.27. The second-order valence-electron chi connectivity index (χ2n) is 8.49. The van der Waals surface area contributed by atoms with E-state index in [0.29, 0.717) is 13.0 Å². The first kappa shape index (κ1) is 21.8. The van der Waals surface area contributed by atoms with Crippen molar-refractivity contribution in [3.8, 4) is 0 Å². The van der Waals surface area contributed by atoms with Gasteiger partial charge in [0.25, 0.3) is 0 Å². The van der Waals surface area contributed by atoms with Gasteiger partial charge >= 0.3 is 188 Å². The molecular weight excluding hydrogens is 445 g/mol. The second-order valence-corrected chi connectivity index (χ2v) is 17.1. The first-order valence-electron chi connectivity index (χ1n) is 11.0. The SMILES string of the molecule is CCOC(=O)[C@]1(C)C[C@H]([Ge]([c]2ccccc2)([c]2ccccc2)[c]2ccccc2)[C@@H](C)O1. The molecule has 1 fully saturated rings. The summed E-state index contributed by atoms with van der Waals surface area (Å²) in [5.41, 5.74) is -0.922. The molecule has 3 aromatic carbocycles. The molecule has 4 heteroatoms. The summed E-state index contributed by atoms with van der Waals surface area (Å²) in [5.74, 6) is -0.255. The van der Waals surface area contributed by atoms with Crippen LogP contribution in [0.2, 0.25) is 4.75 Å². The first-order valence-corrected chi connectivity index (χ1v) is 15.4. The van der Waals surface area contributed by atoms with E-state index in [4.69, 9.17) is 9.47 Å². The van der Waals surface area contributed by atoms with Gasteiger partial charge in [0.2, 0.25) is 0 Å². The van der Waals surface area contributed by atoms with Crippen molar-refractivity contribution in [3.05, 3.63) is 91.0 Å². The Labute approximate surface area is 187 Å². The van der Waals surface area contributed by atoms with Gasteiger partial charge in [-0.15, -0.1) is 0 Å². The zero-order chi connectivity index (χ0) is 21.9. The van der Waals surface area contributed by atoms with Crippen LogP contribution in [-0.4, -0.2) is 37.5 Å². The third kappa shape index (κ3) is 3.85. The van der Waals surface area contributed by atoms with Crippen LogP contribution in [0.5, 0.6) is 0 Å². The van der Waals surface area contributed by atoms with E-state index < -0.39 is 18.9 Å². The van der Waals surface area contributed by atoms with E-state index >= 15 is 0 Å². The molecule has 31 heavy (non-hydrogen) atoms. The molecular formula is C27H30GeO3. The van der Waals surface area contributed by atoms with Crippen LogP contribution < -0.4 is 13.2 Å². The third-order valence-corrected chi connectivity index (χ3v) is 18.1. The number of hydrogen-bond donors (Lipinski definition) is 0. The Morgan fingerprint density at radius 2 is 1.32 bits per heavy atom. The van der Waals surface area contributed by atoms with E-state index in [-0.39, 0.29) is 16.8 Å². The fourth-order valence-corrected chi connectivity index (χ4v) is 17.7. The van der Waals surface area contributed by atoms with E-state index in [2.05, 4.69) is 97.9 Å². The molecule has 0 aromatic heterocycles. The first-order chi connectivity index (χ1) is 15.0. The van der Waals surface area contributed by atoms with Gasteiger partial charge in [0, 0.05) is 0 Å². The average molecular weight is 475 g/mol. The van der Waals surface area contributed by atoms with E-state index in [1.165, 1.54) is 13.2 Å². The maximum atomic E-state index is 12.9. The molecule has 0 unspecified atom stereocenters. The van der Waals surface area contributed by atoms with Crippen LogP contribution in [0.1, 0.15) is 27.2 Å². The molecule has 0 bridgehead atoms.